The van der Waals surface area contributed by atoms with Gasteiger partial charge in [-0.15, -0.1) is 0 Å². The number of hydrogen-bond acceptors (Lipinski definition) is 4. The van der Waals surface area contributed by atoms with E-state index in [1.54, 1.807) is 0 Å². The minimum absolute atomic E-state index is 0.0251. The van der Waals surface area contributed by atoms with Gasteiger partial charge in [-0.25, -0.2) is 0 Å². The van der Waals surface area contributed by atoms with Crippen LogP contribution in [0.3, 0.4) is 0 Å². The molecule has 0 radical (unpaired) electrons. The molecular weight excluding hydrogens is 268 g/mol. The minimum atomic E-state index is -0.105. The van der Waals surface area contributed by atoms with Gasteiger partial charge in [0.15, 0.2) is 11.5 Å². The van der Waals surface area contributed by atoms with E-state index in [-0.39, 0.29) is 17.2 Å². The smallest absolute Gasteiger partial charge is 0.203 e. The van der Waals surface area contributed by atoms with Crippen molar-refractivity contribution in [3.63, 3.8) is 0 Å². The second-order valence-corrected chi connectivity index (χ2v) is 4.48. The van der Waals surface area contributed by atoms with Crippen molar-refractivity contribution in [3.8, 4) is 23.0 Å². The molecule has 0 atom stereocenters. The van der Waals surface area contributed by atoms with E-state index in [0.29, 0.717) is 17.7 Å². The SMILES string of the molecule is COc1cc(O)c(C/C=C/c2ccccc2)c(O)c1OC. The zero-order chi connectivity index (χ0) is 15.2. The molecule has 0 aliphatic carbocycles. The van der Waals surface area contributed by atoms with Crippen LogP contribution in [0.2, 0.25) is 0 Å². The van der Waals surface area contributed by atoms with E-state index < -0.39 is 0 Å². The van der Waals surface area contributed by atoms with E-state index >= 15 is 0 Å². The summed E-state index contributed by atoms with van der Waals surface area (Å²) in [6.07, 6.45) is 4.18. The van der Waals surface area contributed by atoms with Crippen molar-refractivity contribution in [2.24, 2.45) is 0 Å². The average molecular weight is 286 g/mol. The molecule has 0 aromatic heterocycles. The highest BCUT2D eigenvalue weighted by atomic mass is 16.5. The molecule has 0 bridgehead atoms. The van der Waals surface area contributed by atoms with Gasteiger partial charge in [0.1, 0.15) is 5.75 Å². The van der Waals surface area contributed by atoms with Crippen LogP contribution in [0.4, 0.5) is 0 Å². The number of rotatable bonds is 5. The lowest BCUT2D eigenvalue weighted by molar-refractivity contribution is 0.326. The lowest BCUT2D eigenvalue weighted by Crippen LogP contribution is -1.94. The molecule has 0 saturated carbocycles. The van der Waals surface area contributed by atoms with E-state index in [2.05, 4.69) is 0 Å². The Bertz CT molecular complexity index is 633. The molecule has 2 aromatic rings. The number of aromatic hydroxyl groups is 2. The second kappa shape index (κ2) is 6.70. The molecule has 0 fully saturated rings. The Morgan fingerprint density at radius 1 is 1.05 bits per heavy atom. The molecule has 0 unspecified atom stereocenters. The fraction of sp³-hybridized carbons (Fsp3) is 0.176. The zero-order valence-corrected chi connectivity index (χ0v) is 12.0. The second-order valence-electron chi connectivity index (χ2n) is 4.48. The third kappa shape index (κ3) is 3.28. The summed E-state index contributed by atoms with van der Waals surface area (Å²) in [5.41, 5.74) is 1.46. The molecule has 2 N–H and O–H groups in total. The first kappa shape index (κ1) is 14.8. The molecular formula is C17H18O4. The maximum Gasteiger partial charge on any atom is 0.203 e. The van der Waals surface area contributed by atoms with Crippen molar-refractivity contribution in [1.29, 1.82) is 0 Å². The average Bonchev–Trinajstić information content (AvgIpc) is 2.51. The third-order valence-corrected chi connectivity index (χ3v) is 3.16. The van der Waals surface area contributed by atoms with Crippen LogP contribution in [-0.2, 0) is 6.42 Å². The van der Waals surface area contributed by atoms with Crippen molar-refractivity contribution in [3.05, 3.63) is 53.6 Å². The maximum absolute atomic E-state index is 10.2. The van der Waals surface area contributed by atoms with Crippen molar-refractivity contribution < 1.29 is 19.7 Å². The summed E-state index contributed by atoms with van der Waals surface area (Å²) < 4.78 is 10.2. The van der Waals surface area contributed by atoms with Gasteiger partial charge in [-0.05, 0) is 12.0 Å². The quantitative estimate of drug-likeness (QED) is 0.884. The lowest BCUT2D eigenvalue weighted by atomic mass is 10.1. The Labute approximate surface area is 123 Å². The van der Waals surface area contributed by atoms with Crippen LogP contribution in [0.5, 0.6) is 23.0 Å². The predicted molar refractivity (Wildman–Crippen MR) is 82.1 cm³/mol. The van der Waals surface area contributed by atoms with Crippen LogP contribution >= 0.6 is 0 Å². The summed E-state index contributed by atoms with van der Waals surface area (Å²) in [6.45, 7) is 0. The van der Waals surface area contributed by atoms with Gasteiger partial charge < -0.3 is 19.7 Å². The van der Waals surface area contributed by atoms with Crippen LogP contribution in [0.25, 0.3) is 6.08 Å². The highest BCUT2D eigenvalue weighted by Gasteiger charge is 2.17. The van der Waals surface area contributed by atoms with Gasteiger partial charge in [0.05, 0.1) is 14.2 Å². The Morgan fingerprint density at radius 2 is 1.76 bits per heavy atom. The van der Waals surface area contributed by atoms with Gasteiger partial charge >= 0.3 is 0 Å². The fourth-order valence-electron chi connectivity index (χ4n) is 2.08. The van der Waals surface area contributed by atoms with Crippen LogP contribution in [0.1, 0.15) is 11.1 Å². The summed E-state index contributed by atoms with van der Waals surface area (Å²) in [5, 5.41) is 20.2. The Morgan fingerprint density at radius 3 is 2.38 bits per heavy atom. The monoisotopic (exact) mass is 286 g/mol. The summed E-state index contributed by atoms with van der Waals surface area (Å²) in [5.74, 6) is 0.386. The van der Waals surface area contributed by atoms with Crippen LogP contribution in [0.15, 0.2) is 42.5 Å². The summed E-state index contributed by atoms with van der Waals surface area (Å²) >= 11 is 0. The third-order valence-electron chi connectivity index (χ3n) is 3.16. The van der Waals surface area contributed by atoms with E-state index in [0.717, 1.165) is 5.56 Å². The molecule has 0 aliphatic heterocycles. The first-order valence-corrected chi connectivity index (χ1v) is 6.54. The Kier molecular flexibility index (Phi) is 4.72. The number of allylic oxidation sites excluding steroid dienone is 1. The van der Waals surface area contributed by atoms with Crippen molar-refractivity contribution in [2.45, 2.75) is 6.42 Å². The fourth-order valence-corrected chi connectivity index (χ4v) is 2.08. The number of phenolic OH excluding ortho intramolecular Hbond substituents is 2. The Balaban J connectivity index is 2.26. The number of ether oxygens (including phenoxy) is 2. The summed E-state index contributed by atoms with van der Waals surface area (Å²) in [6, 6.07) is 11.2. The molecule has 0 saturated heterocycles. The maximum atomic E-state index is 10.2. The number of hydrogen-bond donors (Lipinski definition) is 2. The molecule has 0 amide bonds. The number of phenols is 2. The van der Waals surface area contributed by atoms with Crippen molar-refractivity contribution in [1.82, 2.24) is 0 Å². The topological polar surface area (TPSA) is 58.9 Å². The standard InChI is InChI=1S/C17H18O4/c1-20-15-11-14(18)13(16(19)17(15)21-2)10-6-9-12-7-4-3-5-8-12/h3-9,11,18-19H,10H2,1-2H3/b9-6+. The molecule has 2 aromatic carbocycles. The summed E-state index contributed by atoms with van der Waals surface area (Å²) in [7, 11) is 2.89. The molecule has 0 spiro atoms. The van der Waals surface area contributed by atoms with Gasteiger partial charge in [0.25, 0.3) is 0 Å². The van der Waals surface area contributed by atoms with Gasteiger partial charge in [0, 0.05) is 11.6 Å². The lowest BCUT2D eigenvalue weighted by Gasteiger charge is -2.13. The normalized spacial score (nSPS) is 10.8. The molecule has 21 heavy (non-hydrogen) atoms. The first-order chi connectivity index (χ1) is 10.2. The van der Waals surface area contributed by atoms with Gasteiger partial charge in [0.2, 0.25) is 5.75 Å². The van der Waals surface area contributed by atoms with Crippen LogP contribution in [-0.4, -0.2) is 24.4 Å². The minimum Gasteiger partial charge on any atom is -0.507 e. The van der Waals surface area contributed by atoms with Gasteiger partial charge in [-0.2, -0.15) is 0 Å². The van der Waals surface area contributed by atoms with Crippen LogP contribution in [0, 0.1) is 0 Å². The van der Waals surface area contributed by atoms with Crippen LogP contribution < -0.4 is 9.47 Å². The van der Waals surface area contributed by atoms with Gasteiger partial charge in [-0.1, -0.05) is 42.5 Å². The van der Waals surface area contributed by atoms with E-state index in [1.165, 1.54) is 20.3 Å². The van der Waals surface area contributed by atoms with E-state index in [1.807, 2.05) is 42.5 Å². The highest BCUT2D eigenvalue weighted by molar-refractivity contribution is 5.61. The van der Waals surface area contributed by atoms with Crippen molar-refractivity contribution in [2.75, 3.05) is 14.2 Å². The van der Waals surface area contributed by atoms with E-state index in [9.17, 15) is 10.2 Å². The molecule has 110 valence electrons. The largest absolute Gasteiger partial charge is 0.507 e. The first-order valence-electron chi connectivity index (χ1n) is 6.54. The molecule has 4 nitrogen and oxygen atoms in total. The van der Waals surface area contributed by atoms with Crippen molar-refractivity contribution >= 4 is 6.08 Å². The number of methoxy groups -OCH3 is 2. The molecule has 2 rings (SSSR count). The van der Waals surface area contributed by atoms with Gasteiger partial charge in [-0.3, -0.25) is 0 Å². The predicted octanol–water partition coefficient (Wildman–Crippen LogP) is 3.37. The zero-order valence-electron chi connectivity index (χ0n) is 12.0. The highest BCUT2D eigenvalue weighted by Crippen LogP contribution is 2.44. The molecule has 0 heterocycles. The molecule has 4 heteroatoms. The van der Waals surface area contributed by atoms with E-state index in [4.69, 9.17) is 9.47 Å². The number of benzene rings is 2. The summed E-state index contributed by atoms with van der Waals surface area (Å²) in [4.78, 5) is 0. The molecule has 0 aliphatic rings. The Hall–Kier alpha value is -2.62.